The monoisotopic (exact) mass is 336 g/mol. The molecule has 4 heteroatoms. The van der Waals surface area contributed by atoms with Crippen LogP contribution in [0.3, 0.4) is 0 Å². The number of H-pyrrole nitrogens is 1. The number of aromatic nitrogens is 1. The van der Waals surface area contributed by atoms with E-state index in [4.69, 9.17) is 0 Å². The second-order valence-electron chi connectivity index (χ2n) is 6.13. The first kappa shape index (κ1) is 15.3. The molecule has 122 valence electrons. The smallest absolute Gasteiger partial charge is 0.253 e. The molecule has 1 aromatic heterocycles. The third-order valence-electron chi connectivity index (χ3n) is 4.60. The number of carbonyl (C=O) groups excluding carboxylic acids is 1. The van der Waals surface area contributed by atoms with Gasteiger partial charge in [-0.1, -0.05) is 30.3 Å². The van der Waals surface area contributed by atoms with Crippen LogP contribution in [0.25, 0.3) is 10.9 Å². The predicted molar refractivity (Wildman–Crippen MR) is 100 cm³/mol. The molecule has 0 radical (unpaired) electrons. The third-order valence-corrected chi connectivity index (χ3v) is 5.93. The van der Waals surface area contributed by atoms with Crippen molar-refractivity contribution in [3.05, 3.63) is 71.9 Å². The van der Waals surface area contributed by atoms with E-state index in [0.717, 1.165) is 41.7 Å². The van der Waals surface area contributed by atoms with Crippen LogP contribution in [-0.4, -0.2) is 34.6 Å². The Morgan fingerprint density at radius 2 is 1.96 bits per heavy atom. The fourth-order valence-electron chi connectivity index (χ4n) is 3.28. The molecule has 0 spiro atoms. The summed E-state index contributed by atoms with van der Waals surface area (Å²) >= 11 is 1.96. The van der Waals surface area contributed by atoms with E-state index in [1.165, 1.54) is 5.56 Å². The maximum absolute atomic E-state index is 12.9. The van der Waals surface area contributed by atoms with Crippen LogP contribution < -0.4 is 0 Å². The van der Waals surface area contributed by atoms with Crippen molar-refractivity contribution in [2.75, 3.05) is 18.8 Å². The van der Waals surface area contributed by atoms with E-state index in [9.17, 15) is 4.79 Å². The summed E-state index contributed by atoms with van der Waals surface area (Å²) in [4.78, 5) is 18.0. The van der Waals surface area contributed by atoms with Crippen LogP contribution >= 0.6 is 11.8 Å². The quantitative estimate of drug-likeness (QED) is 0.748. The van der Waals surface area contributed by atoms with E-state index in [0.29, 0.717) is 5.25 Å². The Hall–Kier alpha value is -2.20. The van der Waals surface area contributed by atoms with Crippen LogP contribution in [0.15, 0.2) is 60.8 Å². The molecular weight excluding hydrogens is 316 g/mol. The molecule has 0 saturated carbocycles. The SMILES string of the molecule is O=C(c1ccc2[nH]ccc2c1)N1CCS[C@H](c2ccccc2)CC1. The summed E-state index contributed by atoms with van der Waals surface area (Å²) in [5.41, 5.74) is 3.22. The number of thioether (sulfide) groups is 1. The lowest BCUT2D eigenvalue weighted by molar-refractivity contribution is 0.0767. The van der Waals surface area contributed by atoms with Crippen molar-refractivity contribution in [3.8, 4) is 0 Å². The van der Waals surface area contributed by atoms with Crippen LogP contribution in [0.4, 0.5) is 0 Å². The molecule has 24 heavy (non-hydrogen) atoms. The number of benzene rings is 2. The zero-order valence-corrected chi connectivity index (χ0v) is 14.3. The molecule has 1 N–H and O–H groups in total. The number of fused-ring (bicyclic) bond motifs is 1. The largest absolute Gasteiger partial charge is 0.361 e. The van der Waals surface area contributed by atoms with Gasteiger partial charge in [-0.05, 0) is 36.2 Å². The van der Waals surface area contributed by atoms with Gasteiger partial charge in [0.15, 0.2) is 0 Å². The minimum absolute atomic E-state index is 0.146. The zero-order valence-electron chi connectivity index (χ0n) is 13.4. The summed E-state index contributed by atoms with van der Waals surface area (Å²) in [6.45, 7) is 1.63. The van der Waals surface area contributed by atoms with Crippen molar-refractivity contribution in [2.24, 2.45) is 0 Å². The first-order valence-corrected chi connectivity index (χ1v) is 9.39. The van der Waals surface area contributed by atoms with Gasteiger partial charge in [0.2, 0.25) is 0 Å². The Labute approximate surface area is 146 Å². The maximum atomic E-state index is 12.9. The molecule has 4 rings (SSSR count). The average Bonchev–Trinajstić information content (AvgIpc) is 2.96. The van der Waals surface area contributed by atoms with Crippen molar-refractivity contribution < 1.29 is 4.79 Å². The normalized spacial score (nSPS) is 18.5. The van der Waals surface area contributed by atoms with Crippen LogP contribution in [0.1, 0.15) is 27.6 Å². The Morgan fingerprint density at radius 1 is 1.08 bits per heavy atom. The third kappa shape index (κ3) is 3.06. The lowest BCUT2D eigenvalue weighted by Crippen LogP contribution is -2.32. The fourth-order valence-corrected chi connectivity index (χ4v) is 4.51. The lowest BCUT2D eigenvalue weighted by atomic mass is 10.1. The highest BCUT2D eigenvalue weighted by Gasteiger charge is 2.22. The van der Waals surface area contributed by atoms with Crippen LogP contribution in [0, 0.1) is 0 Å². The minimum atomic E-state index is 0.146. The maximum Gasteiger partial charge on any atom is 0.253 e. The van der Waals surface area contributed by atoms with Crippen LogP contribution in [0.5, 0.6) is 0 Å². The number of nitrogens with zero attached hydrogens (tertiary/aromatic N) is 1. The van der Waals surface area contributed by atoms with E-state index in [2.05, 4.69) is 35.3 Å². The van der Waals surface area contributed by atoms with Crippen molar-refractivity contribution in [2.45, 2.75) is 11.7 Å². The minimum Gasteiger partial charge on any atom is -0.361 e. The summed E-state index contributed by atoms with van der Waals surface area (Å²) in [5.74, 6) is 1.13. The number of carbonyl (C=O) groups is 1. The highest BCUT2D eigenvalue weighted by atomic mass is 32.2. The lowest BCUT2D eigenvalue weighted by Gasteiger charge is -2.20. The van der Waals surface area contributed by atoms with Gasteiger partial charge < -0.3 is 9.88 Å². The molecule has 3 nitrogen and oxygen atoms in total. The van der Waals surface area contributed by atoms with Crippen molar-refractivity contribution in [1.29, 1.82) is 0 Å². The molecule has 0 aliphatic carbocycles. The molecule has 3 aromatic rings. The van der Waals surface area contributed by atoms with Gasteiger partial charge in [0, 0.05) is 46.8 Å². The Kier molecular flexibility index (Phi) is 4.30. The topological polar surface area (TPSA) is 36.1 Å². The van der Waals surface area contributed by atoms with Crippen LogP contribution in [-0.2, 0) is 0 Å². The molecule has 1 fully saturated rings. The number of hydrogen-bond donors (Lipinski definition) is 1. The number of hydrogen-bond acceptors (Lipinski definition) is 2. The van der Waals surface area contributed by atoms with Gasteiger partial charge in [-0.25, -0.2) is 0 Å². The average molecular weight is 336 g/mol. The summed E-state index contributed by atoms with van der Waals surface area (Å²) < 4.78 is 0. The second-order valence-corrected chi connectivity index (χ2v) is 7.44. The Morgan fingerprint density at radius 3 is 2.83 bits per heavy atom. The first-order valence-electron chi connectivity index (χ1n) is 8.34. The predicted octanol–water partition coefficient (Wildman–Crippen LogP) is 4.49. The first-order chi connectivity index (χ1) is 11.8. The second kappa shape index (κ2) is 6.73. The molecule has 1 aliphatic heterocycles. The zero-order chi connectivity index (χ0) is 16.4. The molecule has 2 aromatic carbocycles. The van der Waals surface area contributed by atoms with E-state index in [-0.39, 0.29) is 5.91 Å². The van der Waals surface area contributed by atoms with Gasteiger partial charge in [-0.15, -0.1) is 0 Å². The highest BCUT2D eigenvalue weighted by molar-refractivity contribution is 7.99. The van der Waals surface area contributed by atoms with Gasteiger partial charge in [0.05, 0.1) is 0 Å². The summed E-state index contributed by atoms with van der Waals surface area (Å²) in [7, 11) is 0. The fraction of sp³-hybridized carbons (Fsp3) is 0.250. The van der Waals surface area contributed by atoms with Crippen molar-refractivity contribution >= 4 is 28.6 Å². The van der Waals surface area contributed by atoms with Gasteiger partial charge in [-0.2, -0.15) is 11.8 Å². The van der Waals surface area contributed by atoms with E-state index in [1.807, 2.05) is 47.1 Å². The van der Waals surface area contributed by atoms with Crippen molar-refractivity contribution in [1.82, 2.24) is 9.88 Å². The van der Waals surface area contributed by atoms with E-state index in [1.54, 1.807) is 0 Å². The molecule has 1 saturated heterocycles. The Bertz CT molecular complexity index is 843. The standard InChI is InChI=1S/C20H20N2OS/c23-20(17-6-7-18-16(14-17)8-10-21-18)22-11-9-19(24-13-12-22)15-4-2-1-3-5-15/h1-8,10,14,19,21H,9,11-13H2/t19-/m0/s1. The Balaban J connectivity index is 1.49. The molecule has 0 unspecified atom stereocenters. The highest BCUT2D eigenvalue weighted by Crippen LogP contribution is 2.34. The summed E-state index contributed by atoms with van der Waals surface area (Å²) in [6.07, 6.45) is 2.92. The number of rotatable bonds is 2. The molecule has 1 atom stereocenters. The molecule has 0 bridgehead atoms. The molecule has 2 heterocycles. The number of nitrogens with one attached hydrogen (secondary N) is 1. The van der Waals surface area contributed by atoms with Crippen molar-refractivity contribution in [3.63, 3.8) is 0 Å². The van der Waals surface area contributed by atoms with E-state index >= 15 is 0 Å². The molecule has 1 amide bonds. The summed E-state index contributed by atoms with van der Waals surface area (Å²) in [5, 5.41) is 1.57. The van der Waals surface area contributed by atoms with Gasteiger partial charge >= 0.3 is 0 Å². The van der Waals surface area contributed by atoms with E-state index < -0.39 is 0 Å². The van der Waals surface area contributed by atoms with Gasteiger partial charge in [0.25, 0.3) is 5.91 Å². The van der Waals surface area contributed by atoms with Gasteiger partial charge in [-0.3, -0.25) is 4.79 Å². The van der Waals surface area contributed by atoms with Crippen LogP contribution in [0.2, 0.25) is 0 Å². The summed E-state index contributed by atoms with van der Waals surface area (Å²) in [6, 6.07) is 18.5. The van der Waals surface area contributed by atoms with Gasteiger partial charge in [0.1, 0.15) is 0 Å². The number of amides is 1. The molecular formula is C20H20N2OS. The molecule has 1 aliphatic rings. The number of aromatic amines is 1.